The first-order valence-electron chi connectivity index (χ1n) is 13.0. The van der Waals surface area contributed by atoms with E-state index in [1.807, 2.05) is 25.1 Å². The lowest BCUT2D eigenvalue weighted by atomic mass is 9.85. The Bertz CT molecular complexity index is 1660. The van der Waals surface area contributed by atoms with Gasteiger partial charge < -0.3 is 14.6 Å². The molecule has 40 heavy (non-hydrogen) atoms. The van der Waals surface area contributed by atoms with Gasteiger partial charge in [0.25, 0.3) is 11.1 Å². The van der Waals surface area contributed by atoms with Gasteiger partial charge in [-0.2, -0.15) is 18.3 Å². The van der Waals surface area contributed by atoms with E-state index in [9.17, 15) is 22.8 Å². The highest BCUT2D eigenvalue weighted by Gasteiger charge is 2.38. The number of halogens is 3. The van der Waals surface area contributed by atoms with Gasteiger partial charge in [-0.15, -0.1) is 0 Å². The summed E-state index contributed by atoms with van der Waals surface area (Å²) in [5.74, 6) is 1.16. The van der Waals surface area contributed by atoms with Crippen LogP contribution in [0.15, 0.2) is 52.6 Å². The molecule has 0 saturated heterocycles. The third-order valence-corrected chi connectivity index (χ3v) is 7.44. The first kappa shape index (κ1) is 27.4. The largest absolute Gasteiger partial charge is 0.494 e. The molecule has 1 aromatic carbocycles. The van der Waals surface area contributed by atoms with Crippen molar-refractivity contribution < 1.29 is 17.9 Å². The van der Waals surface area contributed by atoms with Gasteiger partial charge in [-0.1, -0.05) is 6.42 Å². The Kier molecular flexibility index (Phi) is 7.35. The smallest absolute Gasteiger partial charge is 0.423 e. The monoisotopic (exact) mass is 554 g/mol. The number of hydrogen-bond acceptors (Lipinski definition) is 7. The summed E-state index contributed by atoms with van der Waals surface area (Å²) in [7, 11) is 2.73. The summed E-state index contributed by atoms with van der Waals surface area (Å²) in [6, 6.07) is 5.33. The molecule has 0 aliphatic heterocycles. The van der Waals surface area contributed by atoms with Crippen molar-refractivity contribution in [3.05, 3.63) is 74.8 Å². The van der Waals surface area contributed by atoms with Gasteiger partial charge in [0.15, 0.2) is 11.6 Å². The van der Waals surface area contributed by atoms with Crippen LogP contribution in [0.5, 0.6) is 5.75 Å². The molecule has 0 spiro atoms. The number of nitrogens with zero attached hydrogens (tertiary/aromatic N) is 5. The SMILES string of the molecule is COc1cnc(-c2cc3ccn(C[C@@H]4CCC[C@H](Nc5cnn(C)c(=O)c5C(F)(F)F)C4)c(=O)c3cc2C)nc1. The van der Waals surface area contributed by atoms with Crippen LogP contribution in [0, 0.1) is 12.8 Å². The fourth-order valence-electron chi connectivity index (χ4n) is 5.39. The molecule has 12 heteroatoms. The zero-order valence-electron chi connectivity index (χ0n) is 22.3. The van der Waals surface area contributed by atoms with Gasteiger partial charge in [-0.3, -0.25) is 9.59 Å². The van der Waals surface area contributed by atoms with Gasteiger partial charge in [-0.05, 0) is 61.3 Å². The average Bonchev–Trinajstić information content (AvgIpc) is 2.92. The molecule has 0 bridgehead atoms. The van der Waals surface area contributed by atoms with Crippen LogP contribution in [0.2, 0.25) is 0 Å². The quantitative estimate of drug-likeness (QED) is 0.373. The van der Waals surface area contributed by atoms with E-state index < -0.39 is 17.3 Å². The predicted octanol–water partition coefficient (Wildman–Crippen LogP) is 4.56. The van der Waals surface area contributed by atoms with Crippen molar-refractivity contribution in [1.29, 1.82) is 0 Å². The second-order valence-electron chi connectivity index (χ2n) is 10.2. The van der Waals surface area contributed by atoms with Gasteiger partial charge in [0, 0.05) is 36.8 Å². The molecule has 0 radical (unpaired) electrons. The van der Waals surface area contributed by atoms with Crippen molar-refractivity contribution in [3.8, 4) is 17.1 Å². The first-order valence-corrected chi connectivity index (χ1v) is 13.0. The lowest BCUT2D eigenvalue weighted by molar-refractivity contribution is -0.138. The van der Waals surface area contributed by atoms with Crippen LogP contribution < -0.4 is 21.2 Å². The van der Waals surface area contributed by atoms with Crippen LogP contribution in [0.1, 0.15) is 36.8 Å². The molecule has 0 amide bonds. The molecule has 4 aromatic rings. The summed E-state index contributed by atoms with van der Waals surface area (Å²) in [4.78, 5) is 34.3. The highest BCUT2D eigenvalue weighted by molar-refractivity contribution is 5.87. The van der Waals surface area contributed by atoms with Crippen LogP contribution in [0.4, 0.5) is 18.9 Å². The molecule has 1 fully saturated rings. The summed E-state index contributed by atoms with van der Waals surface area (Å²) in [5, 5.41) is 8.03. The van der Waals surface area contributed by atoms with Crippen LogP contribution in [-0.4, -0.2) is 37.5 Å². The topological polar surface area (TPSA) is 104 Å². The first-order chi connectivity index (χ1) is 19.0. The molecule has 3 heterocycles. The Labute approximate surface area is 227 Å². The summed E-state index contributed by atoms with van der Waals surface area (Å²) < 4.78 is 48.4. The fraction of sp³-hybridized carbons (Fsp3) is 0.393. The fourth-order valence-corrected chi connectivity index (χ4v) is 5.39. The standard InChI is InChI=1S/C28H29F3N6O3/c1-16-9-22-18(11-21(16)25-32-12-20(40-3)13-33-25)7-8-37(26(22)38)15-17-5-4-6-19(10-17)35-23-14-34-36(2)27(39)24(23)28(29,30)31/h7-9,11-14,17,19,35H,4-6,10,15H2,1-3H3/t17-,19+/m1/s1. The van der Waals surface area contributed by atoms with E-state index in [0.29, 0.717) is 41.0 Å². The summed E-state index contributed by atoms with van der Waals surface area (Å²) in [6.07, 6.45) is 4.03. The minimum Gasteiger partial charge on any atom is -0.494 e. The minimum atomic E-state index is -4.80. The molecule has 5 rings (SSSR count). The van der Waals surface area contributed by atoms with Gasteiger partial charge in [0.1, 0.15) is 5.56 Å². The maximum absolute atomic E-state index is 13.6. The lowest BCUT2D eigenvalue weighted by Gasteiger charge is -2.31. The molecule has 3 aromatic heterocycles. The number of alkyl halides is 3. The van der Waals surface area contributed by atoms with Gasteiger partial charge in [0.05, 0.1) is 31.4 Å². The van der Waals surface area contributed by atoms with E-state index in [1.165, 1.54) is 7.05 Å². The van der Waals surface area contributed by atoms with Crippen molar-refractivity contribution in [1.82, 2.24) is 24.3 Å². The van der Waals surface area contributed by atoms with Crippen molar-refractivity contribution in [2.45, 2.75) is 51.4 Å². The number of aryl methyl sites for hydroxylation is 2. The Morgan fingerprint density at radius 3 is 2.55 bits per heavy atom. The number of ether oxygens (including phenoxy) is 1. The third-order valence-electron chi connectivity index (χ3n) is 7.44. The van der Waals surface area contributed by atoms with Gasteiger partial charge in [0.2, 0.25) is 0 Å². The maximum Gasteiger partial charge on any atom is 0.423 e. The molecule has 1 N–H and O–H groups in total. The molecule has 1 aliphatic rings. The molecular formula is C28H29F3N6O3. The van der Waals surface area contributed by atoms with Gasteiger partial charge >= 0.3 is 6.18 Å². The number of anilines is 1. The normalized spacial score (nSPS) is 17.6. The van der Waals surface area contributed by atoms with Crippen molar-refractivity contribution in [2.75, 3.05) is 12.4 Å². The predicted molar refractivity (Wildman–Crippen MR) is 144 cm³/mol. The molecule has 210 valence electrons. The minimum absolute atomic E-state index is 0.0725. The Balaban J connectivity index is 1.36. The van der Waals surface area contributed by atoms with Crippen LogP contribution in [-0.2, 0) is 19.8 Å². The zero-order chi connectivity index (χ0) is 28.6. The van der Waals surface area contributed by atoms with Crippen molar-refractivity contribution >= 4 is 16.5 Å². The number of nitrogens with one attached hydrogen (secondary N) is 1. The van der Waals surface area contributed by atoms with Crippen molar-refractivity contribution in [3.63, 3.8) is 0 Å². The third kappa shape index (κ3) is 5.43. The van der Waals surface area contributed by atoms with Crippen molar-refractivity contribution in [2.24, 2.45) is 13.0 Å². The van der Waals surface area contributed by atoms with Crippen LogP contribution in [0.25, 0.3) is 22.2 Å². The summed E-state index contributed by atoms with van der Waals surface area (Å²) >= 11 is 0. The number of methoxy groups -OCH3 is 1. The highest BCUT2D eigenvalue weighted by atomic mass is 19.4. The molecule has 1 saturated carbocycles. The summed E-state index contributed by atoms with van der Waals surface area (Å²) in [6.45, 7) is 2.34. The Morgan fingerprint density at radius 1 is 1.10 bits per heavy atom. The number of rotatable bonds is 6. The van der Waals surface area contributed by atoms with E-state index >= 15 is 0 Å². The molecule has 9 nitrogen and oxygen atoms in total. The highest BCUT2D eigenvalue weighted by Crippen LogP contribution is 2.34. The summed E-state index contributed by atoms with van der Waals surface area (Å²) in [5.41, 5.74) is -1.20. The number of hydrogen-bond donors (Lipinski definition) is 1. The maximum atomic E-state index is 13.6. The van der Waals surface area contributed by atoms with E-state index in [1.54, 1.807) is 30.3 Å². The number of benzene rings is 1. The van der Waals surface area contributed by atoms with Crippen LogP contribution in [0.3, 0.4) is 0 Å². The van der Waals surface area contributed by atoms with E-state index in [0.717, 1.165) is 35.6 Å². The Hall–Kier alpha value is -4.22. The number of pyridine rings is 1. The molecule has 1 aliphatic carbocycles. The molecular weight excluding hydrogens is 525 g/mol. The van der Waals surface area contributed by atoms with Crippen LogP contribution >= 0.6 is 0 Å². The number of aromatic nitrogens is 5. The van der Waals surface area contributed by atoms with Gasteiger partial charge in [-0.25, -0.2) is 14.6 Å². The van der Waals surface area contributed by atoms with E-state index in [4.69, 9.17) is 4.74 Å². The average molecular weight is 555 g/mol. The number of fused-ring (bicyclic) bond motifs is 1. The zero-order valence-corrected chi connectivity index (χ0v) is 22.3. The Morgan fingerprint density at radius 2 is 1.85 bits per heavy atom. The van der Waals surface area contributed by atoms with E-state index in [2.05, 4.69) is 20.4 Å². The molecule has 0 unspecified atom stereocenters. The second kappa shape index (κ2) is 10.7. The second-order valence-corrected chi connectivity index (χ2v) is 10.2. The lowest BCUT2D eigenvalue weighted by Crippen LogP contribution is -2.35. The molecule has 2 atom stereocenters. The van der Waals surface area contributed by atoms with E-state index in [-0.39, 0.29) is 23.2 Å².